The number of hydrogen-bond acceptors (Lipinski definition) is 5. The van der Waals surface area contributed by atoms with Crippen LogP contribution in [-0.4, -0.2) is 30.8 Å². The van der Waals surface area contributed by atoms with Crippen LogP contribution in [0.4, 0.5) is 5.69 Å². The van der Waals surface area contributed by atoms with Crippen LogP contribution in [0, 0.1) is 0 Å². The highest BCUT2D eigenvalue weighted by molar-refractivity contribution is 8.00. The van der Waals surface area contributed by atoms with Crippen LogP contribution in [0.3, 0.4) is 0 Å². The molecule has 2 rings (SSSR count). The van der Waals surface area contributed by atoms with Crippen molar-refractivity contribution in [1.29, 1.82) is 0 Å². The number of amides is 1. The molecule has 1 atom stereocenters. The number of carbonyl (C=O) groups is 2. The normalized spacial score (nSPS) is 11.5. The molecule has 0 aromatic heterocycles. The maximum atomic E-state index is 12.0. The molecule has 25 heavy (non-hydrogen) atoms. The van der Waals surface area contributed by atoms with Crippen LogP contribution in [0.25, 0.3) is 0 Å². The van der Waals surface area contributed by atoms with E-state index in [1.807, 2.05) is 24.3 Å². The molecule has 2 aromatic carbocycles. The van der Waals surface area contributed by atoms with Gasteiger partial charge in [-0.25, -0.2) is 0 Å². The lowest BCUT2D eigenvalue weighted by molar-refractivity contribution is -0.150. The van der Waals surface area contributed by atoms with Gasteiger partial charge in [0.15, 0.2) is 6.10 Å². The van der Waals surface area contributed by atoms with E-state index in [1.165, 1.54) is 18.7 Å². The standard InChI is InChI=1S/C18H18ClNO4S/c1-12(18(22)20-14-5-3-13(19)4-6-14)24-17(21)11-25-16-9-7-15(23-2)8-10-16/h3-10,12H,11H2,1-2H3,(H,20,22)/t12-/m1/s1. The molecule has 5 nitrogen and oxygen atoms in total. The fourth-order valence-electron chi connectivity index (χ4n) is 1.88. The topological polar surface area (TPSA) is 64.6 Å². The molecule has 0 radical (unpaired) electrons. The van der Waals surface area contributed by atoms with E-state index < -0.39 is 18.0 Å². The third kappa shape index (κ3) is 6.32. The minimum Gasteiger partial charge on any atom is -0.497 e. The third-order valence-electron chi connectivity index (χ3n) is 3.21. The highest BCUT2D eigenvalue weighted by atomic mass is 35.5. The summed E-state index contributed by atoms with van der Waals surface area (Å²) in [6.07, 6.45) is -0.889. The number of hydrogen-bond donors (Lipinski definition) is 1. The van der Waals surface area contributed by atoms with E-state index in [4.69, 9.17) is 21.1 Å². The summed E-state index contributed by atoms with van der Waals surface area (Å²) in [5, 5.41) is 3.24. The summed E-state index contributed by atoms with van der Waals surface area (Å²) in [6.45, 7) is 1.53. The molecule has 0 bridgehead atoms. The molecular weight excluding hydrogens is 362 g/mol. The van der Waals surface area contributed by atoms with E-state index >= 15 is 0 Å². The Hall–Kier alpha value is -2.18. The van der Waals surface area contributed by atoms with E-state index in [9.17, 15) is 9.59 Å². The molecule has 0 aliphatic carbocycles. The lowest BCUT2D eigenvalue weighted by Gasteiger charge is -2.13. The summed E-state index contributed by atoms with van der Waals surface area (Å²) < 4.78 is 10.2. The predicted molar refractivity (Wildman–Crippen MR) is 99.4 cm³/mol. The average Bonchev–Trinajstić information content (AvgIpc) is 2.62. The molecule has 0 fully saturated rings. The molecule has 0 spiro atoms. The van der Waals surface area contributed by atoms with E-state index in [1.54, 1.807) is 31.4 Å². The van der Waals surface area contributed by atoms with Crippen LogP contribution in [-0.2, 0) is 14.3 Å². The highest BCUT2D eigenvalue weighted by Gasteiger charge is 2.18. The van der Waals surface area contributed by atoms with E-state index in [-0.39, 0.29) is 5.75 Å². The molecule has 132 valence electrons. The largest absolute Gasteiger partial charge is 0.497 e. The monoisotopic (exact) mass is 379 g/mol. The first-order valence-corrected chi connectivity index (χ1v) is 8.87. The van der Waals surface area contributed by atoms with Crippen molar-refractivity contribution >= 4 is 40.9 Å². The lowest BCUT2D eigenvalue weighted by atomic mass is 10.3. The van der Waals surface area contributed by atoms with Gasteiger partial charge in [-0.15, -0.1) is 11.8 Å². The van der Waals surface area contributed by atoms with Crippen LogP contribution >= 0.6 is 23.4 Å². The van der Waals surface area contributed by atoms with Crippen molar-refractivity contribution in [2.75, 3.05) is 18.2 Å². The molecular formula is C18H18ClNO4S. The molecule has 0 aliphatic rings. The second-order valence-electron chi connectivity index (χ2n) is 5.09. The first kappa shape index (κ1) is 19.1. The molecule has 0 aliphatic heterocycles. The van der Waals surface area contributed by atoms with Gasteiger partial charge in [-0.05, 0) is 55.5 Å². The molecule has 1 N–H and O–H groups in total. The molecule has 7 heteroatoms. The zero-order valence-corrected chi connectivity index (χ0v) is 15.4. The minimum absolute atomic E-state index is 0.116. The maximum Gasteiger partial charge on any atom is 0.317 e. The van der Waals surface area contributed by atoms with Gasteiger partial charge < -0.3 is 14.8 Å². The van der Waals surface area contributed by atoms with E-state index in [0.717, 1.165) is 10.6 Å². The van der Waals surface area contributed by atoms with Crippen molar-refractivity contribution in [2.45, 2.75) is 17.9 Å². The second-order valence-corrected chi connectivity index (χ2v) is 6.58. The first-order valence-electron chi connectivity index (χ1n) is 7.50. The Morgan fingerprint density at radius 1 is 1.12 bits per heavy atom. The number of esters is 1. The third-order valence-corrected chi connectivity index (χ3v) is 4.44. The predicted octanol–water partition coefficient (Wildman–Crippen LogP) is 4.01. The lowest BCUT2D eigenvalue weighted by Crippen LogP contribution is -2.30. The Labute approximate surface area is 155 Å². The molecule has 0 saturated heterocycles. The highest BCUT2D eigenvalue weighted by Crippen LogP contribution is 2.21. The van der Waals surface area contributed by atoms with E-state index in [0.29, 0.717) is 10.7 Å². The number of anilines is 1. The molecule has 0 heterocycles. The summed E-state index contributed by atoms with van der Waals surface area (Å²) in [7, 11) is 1.59. The van der Waals surface area contributed by atoms with Gasteiger partial charge in [0.2, 0.25) is 0 Å². The van der Waals surface area contributed by atoms with Crippen molar-refractivity contribution < 1.29 is 19.1 Å². The van der Waals surface area contributed by atoms with Gasteiger partial charge in [0, 0.05) is 15.6 Å². The summed E-state index contributed by atoms with van der Waals surface area (Å²) in [4.78, 5) is 24.8. The zero-order chi connectivity index (χ0) is 18.2. The number of benzene rings is 2. The summed E-state index contributed by atoms with van der Waals surface area (Å²) in [5.74, 6) is 0.00866. The first-order chi connectivity index (χ1) is 12.0. The Morgan fingerprint density at radius 3 is 2.36 bits per heavy atom. The number of halogens is 1. The molecule has 0 saturated carbocycles. The number of thioether (sulfide) groups is 1. The average molecular weight is 380 g/mol. The smallest absolute Gasteiger partial charge is 0.317 e. The number of rotatable bonds is 7. The van der Waals surface area contributed by atoms with Crippen molar-refractivity contribution in [3.05, 3.63) is 53.6 Å². The van der Waals surface area contributed by atoms with Crippen LogP contribution in [0.2, 0.25) is 5.02 Å². The molecule has 0 unspecified atom stereocenters. The van der Waals surface area contributed by atoms with Crippen LogP contribution in [0.5, 0.6) is 5.75 Å². The van der Waals surface area contributed by atoms with Gasteiger partial charge in [0.1, 0.15) is 5.75 Å². The van der Waals surface area contributed by atoms with E-state index in [2.05, 4.69) is 5.32 Å². The summed E-state index contributed by atoms with van der Waals surface area (Å²) >= 11 is 7.12. The number of methoxy groups -OCH3 is 1. The van der Waals surface area contributed by atoms with Gasteiger partial charge in [0.25, 0.3) is 5.91 Å². The summed E-state index contributed by atoms with van der Waals surface area (Å²) in [6, 6.07) is 14.0. The number of carbonyl (C=O) groups excluding carboxylic acids is 2. The Balaban J connectivity index is 1.78. The SMILES string of the molecule is COc1ccc(SCC(=O)O[C@H](C)C(=O)Nc2ccc(Cl)cc2)cc1. The Kier molecular flexibility index (Phi) is 7.16. The van der Waals surface area contributed by atoms with Gasteiger partial charge in [-0.1, -0.05) is 11.6 Å². The molecule has 1 amide bonds. The van der Waals surface area contributed by atoms with Crippen molar-refractivity contribution in [2.24, 2.45) is 0 Å². The van der Waals surface area contributed by atoms with Gasteiger partial charge >= 0.3 is 5.97 Å². The summed E-state index contributed by atoms with van der Waals surface area (Å²) in [5.41, 5.74) is 0.588. The maximum absolute atomic E-state index is 12.0. The van der Waals surface area contributed by atoms with Gasteiger partial charge in [0.05, 0.1) is 12.9 Å². The Bertz CT molecular complexity index is 719. The fourth-order valence-corrected chi connectivity index (χ4v) is 2.68. The van der Waals surface area contributed by atoms with Gasteiger partial charge in [-0.2, -0.15) is 0 Å². The zero-order valence-electron chi connectivity index (χ0n) is 13.8. The number of nitrogens with one attached hydrogen (secondary N) is 1. The Morgan fingerprint density at radius 2 is 1.76 bits per heavy atom. The van der Waals surface area contributed by atoms with Crippen LogP contribution in [0.1, 0.15) is 6.92 Å². The van der Waals surface area contributed by atoms with Crippen molar-refractivity contribution in [3.8, 4) is 5.75 Å². The number of ether oxygens (including phenoxy) is 2. The molecule has 2 aromatic rings. The fraction of sp³-hybridized carbons (Fsp3) is 0.222. The van der Waals surface area contributed by atoms with Crippen molar-refractivity contribution in [3.63, 3.8) is 0 Å². The second kappa shape index (κ2) is 9.34. The van der Waals surface area contributed by atoms with Gasteiger partial charge in [-0.3, -0.25) is 9.59 Å². The van der Waals surface area contributed by atoms with Crippen LogP contribution < -0.4 is 10.1 Å². The van der Waals surface area contributed by atoms with Crippen LogP contribution in [0.15, 0.2) is 53.4 Å². The minimum atomic E-state index is -0.889. The van der Waals surface area contributed by atoms with Crippen molar-refractivity contribution in [1.82, 2.24) is 0 Å². The quantitative estimate of drug-likeness (QED) is 0.581.